The number of carbonyl (C=O) groups excluding carboxylic acids is 2. The van der Waals surface area contributed by atoms with Gasteiger partial charge in [0, 0.05) is 18.0 Å². The monoisotopic (exact) mass is 195 g/mol. The van der Waals surface area contributed by atoms with Crippen LogP contribution >= 0.6 is 0 Å². The third kappa shape index (κ3) is 2.22. The summed E-state index contributed by atoms with van der Waals surface area (Å²) in [5.74, 6) is -0.271. The predicted molar refractivity (Wildman–Crippen MR) is 54.6 cm³/mol. The van der Waals surface area contributed by atoms with Gasteiger partial charge in [0.2, 0.25) is 5.91 Å². The summed E-state index contributed by atoms with van der Waals surface area (Å²) in [4.78, 5) is 24.7. The zero-order valence-electron chi connectivity index (χ0n) is 8.88. The first-order valence-electron chi connectivity index (χ1n) is 5.06. The maximum atomic E-state index is 11.7. The van der Waals surface area contributed by atoms with Crippen molar-refractivity contribution in [3.05, 3.63) is 12.2 Å². The molecule has 1 fully saturated rings. The van der Waals surface area contributed by atoms with E-state index in [1.54, 1.807) is 6.92 Å². The first-order chi connectivity index (χ1) is 6.54. The van der Waals surface area contributed by atoms with E-state index in [4.69, 9.17) is 0 Å². The fourth-order valence-corrected chi connectivity index (χ4v) is 1.73. The molecular weight excluding hydrogens is 178 g/mol. The second kappa shape index (κ2) is 4.40. The molecule has 0 saturated carbocycles. The van der Waals surface area contributed by atoms with Gasteiger partial charge in [0.05, 0.1) is 0 Å². The van der Waals surface area contributed by atoms with Gasteiger partial charge >= 0.3 is 0 Å². The van der Waals surface area contributed by atoms with Gasteiger partial charge in [0.25, 0.3) is 5.91 Å². The highest BCUT2D eigenvalue weighted by Gasteiger charge is 2.28. The number of nitrogens with zero attached hydrogens (tertiary/aromatic N) is 1. The zero-order chi connectivity index (χ0) is 10.7. The van der Waals surface area contributed by atoms with Crippen molar-refractivity contribution in [2.24, 2.45) is 0 Å². The number of hydrogen-bond acceptors (Lipinski definition) is 2. The van der Waals surface area contributed by atoms with E-state index in [0.717, 1.165) is 19.3 Å². The second-order valence-corrected chi connectivity index (χ2v) is 3.94. The Kier molecular flexibility index (Phi) is 3.44. The number of carbonyl (C=O) groups is 2. The van der Waals surface area contributed by atoms with Gasteiger partial charge in [-0.15, -0.1) is 0 Å². The summed E-state index contributed by atoms with van der Waals surface area (Å²) in [6.07, 6.45) is 3.31. The van der Waals surface area contributed by atoms with Crippen LogP contribution in [0.2, 0.25) is 0 Å². The highest BCUT2D eigenvalue weighted by Crippen LogP contribution is 2.18. The Morgan fingerprint density at radius 2 is 2.14 bits per heavy atom. The summed E-state index contributed by atoms with van der Waals surface area (Å²) in [5.41, 5.74) is 0.437. The molecule has 1 aliphatic heterocycles. The standard InChI is InChI=1S/C11H17NO2/c1-8(2)11(14)12-9(3)6-4-5-7-10(12)13/h9H,1,4-7H2,2-3H3. The van der Waals surface area contributed by atoms with E-state index in [-0.39, 0.29) is 17.9 Å². The molecule has 0 aromatic carbocycles. The normalized spacial score (nSPS) is 23.1. The molecule has 0 bridgehead atoms. The molecule has 0 aromatic heterocycles. The van der Waals surface area contributed by atoms with Gasteiger partial charge in [-0.1, -0.05) is 13.0 Å². The number of amides is 2. The predicted octanol–water partition coefficient (Wildman–Crippen LogP) is 1.88. The van der Waals surface area contributed by atoms with Gasteiger partial charge in [-0.05, 0) is 26.7 Å². The third-order valence-electron chi connectivity index (χ3n) is 2.56. The molecule has 14 heavy (non-hydrogen) atoms. The van der Waals surface area contributed by atoms with Gasteiger partial charge in [0.15, 0.2) is 0 Å². The molecule has 0 aliphatic carbocycles. The van der Waals surface area contributed by atoms with E-state index in [1.165, 1.54) is 4.90 Å². The minimum atomic E-state index is -0.218. The van der Waals surface area contributed by atoms with Crippen LogP contribution in [0.25, 0.3) is 0 Å². The van der Waals surface area contributed by atoms with E-state index in [1.807, 2.05) is 6.92 Å². The third-order valence-corrected chi connectivity index (χ3v) is 2.56. The van der Waals surface area contributed by atoms with E-state index in [9.17, 15) is 9.59 Å². The van der Waals surface area contributed by atoms with Crippen LogP contribution in [0.4, 0.5) is 0 Å². The van der Waals surface area contributed by atoms with E-state index < -0.39 is 0 Å². The Morgan fingerprint density at radius 3 is 2.71 bits per heavy atom. The van der Waals surface area contributed by atoms with Crippen molar-refractivity contribution in [1.29, 1.82) is 0 Å². The summed E-state index contributed by atoms with van der Waals surface area (Å²) < 4.78 is 0. The van der Waals surface area contributed by atoms with Crippen molar-refractivity contribution in [3.63, 3.8) is 0 Å². The Hall–Kier alpha value is -1.12. The van der Waals surface area contributed by atoms with Gasteiger partial charge in [-0.3, -0.25) is 14.5 Å². The molecule has 0 spiro atoms. The number of likely N-dealkylation sites (tertiary alicyclic amines) is 1. The van der Waals surface area contributed by atoms with Crippen molar-refractivity contribution < 1.29 is 9.59 Å². The SMILES string of the molecule is C=C(C)C(=O)N1C(=O)CCCCC1C. The zero-order valence-corrected chi connectivity index (χ0v) is 8.88. The average Bonchev–Trinajstić information content (AvgIpc) is 2.26. The van der Waals surface area contributed by atoms with Gasteiger partial charge in [0.1, 0.15) is 0 Å². The molecule has 1 rings (SSSR count). The quantitative estimate of drug-likeness (QED) is 0.599. The van der Waals surface area contributed by atoms with E-state index >= 15 is 0 Å². The molecule has 3 nitrogen and oxygen atoms in total. The van der Waals surface area contributed by atoms with Crippen LogP contribution in [0.15, 0.2) is 12.2 Å². The molecule has 0 N–H and O–H groups in total. The minimum absolute atomic E-state index is 0.0224. The lowest BCUT2D eigenvalue weighted by atomic mass is 10.1. The highest BCUT2D eigenvalue weighted by atomic mass is 16.2. The number of hydrogen-bond donors (Lipinski definition) is 0. The van der Waals surface area contributed by atoms with Crippen molar-refractivity contribution in [2.45, 2.75) is 45.6 Å². The first kappa shape index (κ1) is 11.0. The van der Waals surface area contributed by atoms with Crippen molar-refractivity contribution in [2.75, 3.05) is 0 Å². The lowest BCUT2D eigenvalue weighted by Gasteiger charge is -2.25. The van der Waals surface area contributed by atoms with Crippen LogP contribution in [-0.4, -0.2) is 22.8 Å². The molecule has 1 unspecified atom stereocenters. The largest absolute Gasteiger partial charge is 0.276 e. The molecular formula is C11H17NO2. The Morgan fingerprint density at radius 1 is 1.50 bits per heavy atom. The van der Waals surface area contributed by atoms with Crippen molar-refractivity contribution in [1.82, 2.24) is 4.90 Å². The average molecular weight is 195 g/mol. The maximum Gasteiger partial charge on any atom is 0.255 e. The first-order valence-corrected chi connectivity index (χ1v) is 5.06. The molecule has 1 heterocycles. The van der Waals surface area contributed by atoms with Crippen LogP contribution in [0.5, 0.6) is 0 Å². The second-order valence-electron chi connectivity index (χ2n) is 3.94. The Balaban J connectivity index is 2.85. The fourth-order valence-electron chi connectivity index (χ4n) is 1.73. The summed E-state index contributed by atoms with van der Waals surface area (Å²) >= 11 is 0. The van der Waals surface area contributed by atoms with Crippen LogP contribution in [0.3, 0.4) is 0 Å². The smallest absolute Gasteiger partial charge is 0.255 e. The van der Waals surface area contributed by atoms with E-state index in [2.05, 4.69) is 6.58 Å². The Labute approximate surface area is 84.8 Å². The van der Waals surface area contributed by atoms with Gasteiger partial charge in [-0.25, -0.2) is 0 Å². The topological polar surface area (TPSA) is 37.4 Å². The van der Waals surface area contributed by atoms with Crippen LogP contribution < -0.4 is 0 Å². The molecule has 78 valence electrons. The summed E-state index contributed by atoms with van der Waals surface area (Å²) in [6, 6.07) is 0.0224. The molecule has 1 atom stereocenters. The highest BCUT2D eigenvalue weighted by molar-refractivity contribution is 6.03. The van der Waals surface area contributed by atoms with Crippen LogP contribution in [0.1, 0.15) is 39.5 Å². The summed E-state index contributed by atoms with van der Waals surface area (Å²) in [7, 11) is 0. The summed E-state index contributed by atoms with van der Waals surface area (Å²) in [5, 5.41) is 0. The molecule has 2 amide bonds. The number of rotatable bonds is 1. The maximum absolute atomic E-state index is 11.7. The van der Waals surface area contributed by atoms with Crippen LogP contribution in [-0.2, 0) is 9.59 Å². The van der Waals surface area contributed by atoms with Crippen molar-refractivity contribution in [3.8, 4) is 0 Å². The lowest BCUT2D eigenvalue weighted by molar-refractivity contribution is -0.144. The minimum Gasteiger partial charge on any atom is -0.276 e. The van der Waals surface area contributed by atoms with Crippen LogP contribution in [0, 0.1) is 0 Å². The fraction of sp³-hybridized carbons (Fsp3) is 0.636. The molecule has 0 radical (unpaired) electrons. The lowest BCUT2D eigenvalue weighted by Crippen LogP contribution is -2.42. The van der Waals surface area contributed by atoms with Gasteiger partial charge < -0.3 is 0 Å². The molecule has 3 heteroatoms. The summed E-state index contributed by atoms with van der Waals surface area (Å²) in [6.45, 7) is 7.15. The van der Waals surface area contributed by atoms with Crippen molar-refractivity contribution >= 4 is 11.8 Å². The number of imide groups is 1. The molecule has 1 saturated heterocycles. The van der Waals surface area contributed by atoms with E-state index in [0.29, 0.717) is 12.0 Å². The Bertz CT molecular complexity index is 270. The molecule has 1 aliphatic rings. The van der Waals surface area contributed by atoms with Gasteiger partial charge in [-0.2, -0.15) is 0 Å². The molecule has 0 aromatic rings.